The van der Waals surface area contributed by atoms with Gasteiger partial charge in [0, 0.05) is 25.6 Å². The van der Waals surface area contributed by atoms with Crippen LogP contribution in [0.3, 0.4) is 0 Å². The Morgan fingerprint density at radius 1 is 1.23 bits per heavy atom. The van der Waals surface area contributed by atoms with Crippen LogP contribution in [0.4, 0.5) is 9.18 Å². The summed E-state index contributed by atoms with van der Waals surface area (Å²) in [4.78, 5) is 22.4. The molecule has 26 heavy (non-hydrogen) atoms. The molecule has 4 rings (SSSR count). The average Bonchev–Trinajstić information content (AvgIpc) is 3.12. The van der Waals surface area contributed by atoms with E-state index in [1.54, 1.807) is 12.1 Å². The lowest BCUT2D eigenvalue weighted by Crippen LogP contribution is -2.44. The van der Waals surface area contributed by atoms with Gasteiger partial charge in [0.15, 0.2) is 0 Å². The summed E-state index contributed by atoms with van der Waals surface area (Å²) in [5, 5.41) is 2.92. The number of halogens is 1. The lowest BCUT2D eigenvalue weighted by atomic mass is 9.97. The molecule has 6 heteroatoms. The highest BCUT2D eigenvalue weighted by Crippen LogP contribution is 2.26. The number of imidazole rings is 1. The maximum absolute atomic E-state index is 13.0. The van der Waals surface area contributed by atoms with E-state index in [0.717, 1.165) is 41.8 Å². The molecule has 134 valence electrons. The zero-order chi connectivity index (χ0) is 17.9. The molecular formula is C20H21FN4O. The number of para-hydroxylation sites is 2. The van der Waals surface area contributed by atoms with Crippen LogP contribution in [0.25, 0.3) is 11.0 Å². The Bertz CT molecular complexity index is 873. The molecule has 2 amide bonds. The first-order valence-electron chi connectivity index (χ1n) is 8.91. The third kappa shape index (κ3) is 3.54. The first kappa shape index (κ1) is 16.6. The van der Waals surface area contributed by atoms with Gasteiger partial charge in [-0.15, -0.1) is 0 Å². The summed E-state index contributed by atoms with van der Waals surface area (Å²) >= 11 is 0. The fraction of sp³-hybridized carbons (Fsp3) is 0.300. The maximum Gasteiger partial charge on any atom is 0.317 e. The molecule has 2 N–H and O–H groups in total. The number of likely N-dealkylation sites (tertiary alicyclic amines) is 1. The molecule has 1 aromatic heterocycles. The van der Waals surface area contributed by atoms with Crippen molar-refractivity contribution in [1.29, 1.82) is 0 Å². The van der Waals surface area contributed by atoms with Crippen molar-refractivity contribution in [3.63, 3.8) is 0 Å². The number of nitrogens with one attached hydrogen (secondary N) is 2. The second-order valence-corrected chi connectivity index (χ2v) is 6.71. The summed E-state index contributed by atoms with van der Waals surface area (Å²) in [7, 11) is 0. The highest BCUT2D eigenvalue weighted by molar-refractivity contribution is 5.75. The van der Waals surface area contributed by atoms with E-state index in [2.05, 4.69) is 15.3 Å². The van der Waals surface area contributed by atoms with Crippen molar-refractivity contribution in [3.05, 3.63) is 65.7 Å². The molecule has 2 heterocycles. The van der Waals surface area contributed by atoms with Gasteiger partial charge in [0.05, 0.1) is 11.0 Å². The van der Waals surface area contributed by atoms with Crippen molar-refractivity contribution in [2.75, 3.05) is 13.1 Å². The van der Waals surface area contributed by atoms with Crippen LogP contribution in [0, 0.1) is 5.82 Å². The Morgan fingerprint density at radius 2 is 2.04 bits per heavy atom. The fourth-order valence-corrected chi connectivity index (χ4v) is 3.44. The van der Waals surface area contributed by atoms with Crippen molar-refractivity contribution in [2.24, 2.45) is 0 Å². The number of fused-ring (bicyclic) bond motifs is 1. The summed E-state index contributed by atoms with van der Waals surface area (Å²) in [5.74, 6) is 0.889. The van der Waals surface area contributed by atoms with Crippen LogP contribution in [-0.2, 0) is 6.54 Å². The molecule has 0 radical (unpaired) electrons. The molecule has 2 aromatic carbocycles. The predicted molar refractivity (Wildman–Crippen MR) is 98.3 cm³/mol. The Balaban J connectivity index is 1.39. The second-order valence-electron chi connectivity index (χ2n) is 6.71. The summed E-state index contributed by atoms with van der Waals surface area (Å²) in [6.45, 7) is 1.78. The van der Waals surface area contributed by atoms with E-state index in [9.17, 15) is 9.18 Å². The van der Waals surface area contributed by atoms with Gasteiger partial charge in [-0.3, -0.25) is 0 Å². The number of carbonyl (C=O) groups is 1. The molecule has 0 saturated carbocycles. The van der Waals surface area contributed by atoms with Crippen molar-refractivity contribution in [3.8, 4) is 0 Å². The Morgan fingerprint density at radius 3 is 2.85 bits per heavy atom. The van der Waals surface area contributed by atoms with Crippen LogP contribution in [0.5, 0.6) is 0 Å². The van der Waals surface area contributed by atoms with Crippen LogP contribution in [-0.4, -0.2) is 34.0 Å². The minimum absolute atomic E-state index is 0.0878. The number of piperidine rings is 1. The normalized spacial score (nSPS) is 17.4. The standard InChI is InChI=1S/C20H21FN4O/c21-16-9-7-14(8-10-16)12-22-20(26)25-11-3-4-15(13-25)19-23-17-5-1-2-6-18(17)24-19/h1-2,5-10,15H,3-4,11-13H2,(H,22,26)(H,23,24)/t15-/m0/s1. The smallest absolute Gasteiger partial charge is 0.317 e. The number of aromatic amines is 1. The number of hydrogen-bond donors (Lipinski definition) is 2. The van der Waals surface area contributed by atoms with Crippen LogP contribution >= 0.6 is 0 Å². The van der Waals surface area contributed by atoms with Crippen LogP contribution in [0.2, 0.25) is 0 Å². The number of H-pyrrole nitrogens is 1. The summed E-state index contributed by atoms with van der Waals surface area (Å²) < 4.78 is 13.0. The Hall–Kier alpha value is -2.89. The molecule has 0 aliphatic carbocycles. The SMILES string of the molecule is O=C(NCc1ccc(F)cc1)N1CCC[C@H](c2nc3ccccc3[nH]2)C1. The van der Waals surface area contributed by atoms with Gasteiger partial charge in [-0.2, -0.15) is 0 Å². The zero-order valence-corrected chi connectivity index (χ0v) is 14.4. The van der Waals surface area contributed by atoms with E-state index >= 15 is 0 Å². The van der Waals surface area contributed by atoms with Gasteiger partial charge in [-0.25, -0.2) is 14.2 Å². The molecular weight excluding hydrogens is 331 g/mol. The largest absolute Gasteiger partial charge is 0.342 e. The highest BCUT2D eigenvalue weighted by atomic mass is 19.1. The summed E-state index contributed by atoms with van der Waals surface area (Å²) in [6.07, 6.45) is 1.97. The maximum atomic E-state index is 13.0. The van der Waals surface area contributed by atoms with Gasteiger partial charge < -0.3 is 15.2 Å². The van der Waals surface area contributed by atoms with Crippen LogP contribution < -0.4 is 5.32 Å². The van der Waals surface area contributed by atoms with Crippen LogP contribution in [0.15, 0.2) is 48.5 Å². The number of carbonyl (C=O) groups excluding carboxylic acids is 1. The monoisotopic (exact) mass is 352 g/mol. The lowest BCUT2D eigenvalue weighted by molar-refractivity contribution is 0.178. The number of nitrogens with zero attached hydrogens (tertiary/aromatic N) is 2. The van der Waals surface area contributed by atoms with Gasteiger partial charge in [-0.1, -0.05) is 24.3 Å². The number of benzene rings is 2. The van der Waals surface area contributed by atoms with E-state index in [1.807, 2.05) is 29.2 Å². The van der Waals surface area contributed by atoms with E-state index < -0.39 is 0 Å². The molecule has 0 spiro atoms. The van der Waals surface area contributed by atoms with Gasteiger partial charge in [-0.05, 0) is 42.7 Å². The Kier molecular flexibility index (Phi) is 4.56. The van der Waals surface area contributed by atoms with E-state index in [1.165, 1.54) is 12.1 Å². The highest BCUT2D eigenvalue weighted by Gasteiger charge is 2.26. The molecule has 0 unspecified atom stereocenters. The second kappa shape index (κ2) is 7.15. The van der Waals surface area contributed by atoms with Gasteiger partial charge in [0.1, 0.15) is 11.6 Å². The van der Waals surface area contributed by atoms with E-state index in [0.29, 0.717) is 13.1 Å². The van der Waals surface area contributed by atoms with Crippen molar-refractivity contribution in [1.82, 2.24) is 20.2 Å². The predicted octanol–water partition coefficient (Wildman–Crippen LogP) is 3.79. The topological polar surface area (TPSA) is 61.0 Å². The summed E-state index contributed by atoms with van der Waals surface area (Å²) in [6, 6.07) is 14.1. The van der Waals surface area contributed by atoms with Gasteiger partial charge in [0.25, 0.3) is 0 Å². The third-order valence-electron chi connectivity index (χ3n) is 4.86. The van der Waals surface area contributed by atoms with E-state index in [-0.39, 0.29) is 17.8 Å². The quantitative estimate of drug-likeness (QED) is 0.753. The molecule has 1 aliphatic rings. The molecule has 3 aromatic rings. The lowest BCUT2D eigenvalue weighted by Gasteiger charge is -2.31. The number of amides is 2. The molecule has 1 saturated heterocycles. The minimum Gasteiger partial charge on any atom is -0.342 e. The zero-order valence-electron chi connectivity index (χ0n) is 14.4. The minimum atomic E-state index is -0.273. The number of rotatable bonds is 3. The first-order chi connectivity index (χ1) is 12.7. The average molecular weight is 352 g/mol. The third-order valence-corrected chi connectivity index (χ3v) is 4.86. The fourth-order valence-electron chi connectivity index (χ4n) is 3.44. The molecule has 1 atom stereocenters. The number of urea groups is 1. The van der Waals surface area contributed by atoms with Crippen molar-refractivity contribution in [2.45, 2.75) is 25.3 Å². The van der Waals surface area contributed by atoms with Crippen molar-refractivity contribution < 1.29 is 9.18 Å². The summed E-state index contributed by atoms with van der Waals surface area (Å²) in [5.41, 5.74) is 2.87. The molecule has 1 aliphatic heterocycles. The number of hydrogen-bond acceptors (Lipinski definition) is 2. The molecule has 1 fully saturated rings. The first-order valence-corrected chi connectivity index (χ1v) is 8.91. The molecule has 0 bridgehead atoms. The number of aromatic nitrogens is 2. The van der Waals surface area contributed by atoms with E-state index in [4.69, 9.17) is 0 Å². The molecule has 5 nitrogen and oxygen atoms in total. The van der Waals surface area contributed by atoms with Crippen LogP contribution in [0.1, 0.15) is 30.1 Å². The van der Waals surface area contributed by atoms with Crippen molar-refractivity contribution >= 4 is 17.1 Å². The van der Waals surface area contributed by atoms with Gasteiger partial charge in [0.2, 0.25) is 0 Å². The Labute approximate surface area is 151 Å². The van der Waals surface area contributed by atoms with Gasteiger partial charge >= 0.3 is 6.03 Å².